The van der Waals surface area contributed by atoms with Crippen LogP contribution in [0.3, 0.4) is 0 Å². The molecule has 0 bridgehead atoms. The smallest absolute Gasteiger partial charge is 0.352 e. The van der Waals surface area contributed by atoms with Crippen molar-refractivity contribution in [2.24, 2.45) is 0 Å². The maximum Gasteiger partial charge on any atom is 0.352 e. The van der Waals surface area contributed by atoms with Crippen molar-refractivity contribution in [3.05, 3.63) is 58.9 Å². The van der Waals surface area contributed by atoms with Crippen molar-refractivity contribution in [3.63, 3.8) is 0 Å². The number of allylic oxidation sites excluding steroid dienone is 1. The van der Waals surface area contributed by atoms with Gasteiger partial charge >= 0.3 is 5.97 Å². The third kappa shape index (κ3) is 4.34. The highest BCUT2D eigenvalue weighted by Gasteiger charge is 2.26. The summed E-state index contributed by atoms with van der Waals surface area (Å²) in [5.74, 6) is -0.896. The van der Waals surface area contributed by atoms with E-state index in [0.717, 1.165) is 35.7 Å². The van der Waals surface area contributed by atoms with Crippen LogP contribution in [0, 0.1) is 0 Å². The molecule has 1 aromatic heterocycles. The van der Waals surface area contributed by atoms with Crippen LogP contribution in [0.1, 0.15) is 33.7 Å². The van der Waals surface area contributed by atoms with E-state index >= 15 is 0 Å². The summed E-state index contributed by atoms with van der Waals surface area (Å²) in [6.45, 7) is 7.92. The zero-order chi connectivity index (χ0) is 18.7. The summed E-state index contributed by atoms with van der Waals surface area (Å²) in [4.78, 5) is 11.7. The van der Waals surface area contributed by atoms with E-state index in [9.17, 15) is 9.90 Å². The van der Waals surface area contributed by atoms with E-state index in [4.69, 9.17) is 4.74 Å². The number of aryl methyl sites for hydroxylation is 1. The lowest BCUT2D eigenvalue weighted by Crippen LogP contribution is -2.22. The zero-order valence-electron chi connectivity index (χ0n) is 15.8. The second-order valence-corrected chi connectivity index (χ2v) is 13.7. The number of aromatic carboxylic acids is 1. The Morgan fingerprint density at radius 2 is 1.96 bits per heavy atom. The van der Waals surface area contributed by atoms with Gasteiger partial charge in [-0.05, 0) is 47.7 Å². The Morgan fingerprint density at radius 3 is 2.62 bits per heavy atom. The first kappa shape index (κ1) is 18.7. The quantitative estimate of drug-likeness (QED) is 0.553. The van der Waals surface area contributed by atoms with E-state index in [1.165, 1.54) is 5.57 Å². The second kappa shape index (κ2) is 7.64. The Hall–Kier alpha value is -2.11. The lowest BCUT2D eigenvalue weighted by atomic mass is 10.1. The van der Waals surface area contributed by atoms with Crippen molar-refractivity contribution >= 4 is 25.7 Å². The van der Waals surface area contributed by atoms with Gasteiger partial charge in [-0.25, -0.2) is 4.79 Å². The van der Waals surface area contributed by atoms with Gasteiger partial charge < -0.3 is 14.4 Å². The predicted molar refractivity (Wildman–Crippen MR) is 108 cm³/mol. The molecule has 1 aliphatic carbocycles. The van der Waals surface area contributed by atoms with Crippen LogP contribution in [0.25, 0.3) is 11.6 Å². The maximum atomic E-state index is 11.7. The van der Waals surface area contributed by atoms with Gasteiger partial charge in [-0.15, -0.1) is 0 Å². The highest BCUT2D eigenvalue weighted by atomic mass is 28.3. The molecule has 0 fully saturated rings. The van der Waals surface area contributed by atoms with E-state index < -0.39 is 14.0 Å². The van der Waals surface area contributed by atoms with Crippen LogP contribution in [0.5, 0.6) is 0 Å². The first-order valence-corrected chi connectivity index (χ1v) is 12.9. The van der Waals surface area contributed by atoms with Crippen molar-refractivity contribution in [1.29, 1.82) is 0 Å². The molecule has 2 aromatic rings. The van der Waals surface area contributed by atoms with E-state index in [-0.39, 0.29) is 0 Å². The molecule has 0 spiro atoms. The molecule has 3 rings (SSSR count). The van der Waals surface area contributed by atoms with Gasteiger partial charge in [0, 0.05) is 14.7 Å². The Labute approximate surface area is 156 Å². The lowest BCUT2D eigenvalue weighted by molar-refractivity contribution is 0.0621. The molecule has 1 aliphatic rings. The van der Waals surface area contributed by atoms with Crippen LogP contribution in [0.2, 0.25) is 25.7 Å². The van der Waals surface area contributed by atoms with Gasteiger partial charge in [-0.1, -0.05) is 50.0 Å². The predicted octanol–water partition coefficient (Wildman–Crippen LogP) is 4.99. The molecule has 0 aliphatic heterocycles. The van der Waals surface area contributed by atoms with Gasteiger partial charge in [0.1, 0.15) is 12.4 Å². The van der Waals surface area contributed by atoms with Gasteiger partial charge in [-0.3, -0.25) is 0 Å². The summed E-state index contributed by atoms with van der Waals surface area (Å²) in [5.41, 5.74) is 4.78. The van der Waals surface area contributed by atoms with E-state index in [0.29, 0.717) is 19.0 Å². The van der Waals surface area contributed by atoms with Crippen molar-refractivity contribution in [2.45, 2.75) is 45.3 Å². The molecule has 1 N–H and O–H groups in total. The third-order valence-electron chi connectivity index (χ3n) is 4.72. The molecule has 0 saturated carbocycles. The van der Waals surface area contributed by atoms with Gasteiger partial charge in [0.2, 0.25) is 0 Å². The average Bonchev–Trinajstić information content (AvgIpc) is 3.12. The molecule has 26 heavy (non-hydrogen) atoms. The molecule has 0 atom stereocenters. The second-order valence-electron chi connectivity index (χ2n) is 8.06. The number of rotatable bonds is 7. The largest absolute Gasteiger partial charge is 0.477 e. The van der Waals surface area contributed by atoms with Crippen LogP contribution in [0.15, 0.2) is 36.4 Å². The minimum Gasteiger partial charge on any atom is -0.477 e. The molecule has 1 aromatic carbocycles. The minimum absolute atomic E-state index is 0.299. The number of ether oxygens (including phenoxy) is 1. The Bertz CT molecular complexity index is 816. The fraction of sp³-hybridized carbons (Fsp3) is 0.381. The number of benzene rings is 1. The maximum absolute atomic E-state index is 11.7. The molecular formula is C21H27NO3Si. The van der Waals surface area contributed by atoms with Crippen molar-refractivity contribution in [2.75, 3.05) is 6.61 Å². The number of carboxylic acid groups (broad SMARTS) is 1. The Balaban J connectivity index is 1.86. The number of nitrogens with zero attached hydrogens (tertiary/aromatic N) is 1. The average molecular weight is 370 g/mol. The molecule has 1 heterocycles. The fourth-order valence-corrected chi connectivity index (χ4v) is 4.06. The zero-order valence-corrected chi connectivity index (χ0v) is 16.8. The van der Waals surface area contributed by atoms with Crippen molar-refractivity contribution in [3.8, 4) is 0 Å². The standard InChI is InChI=1S/C21H27NO3Si/c1-26(2,3)12-11-25-15-22-19(21(23)24)14-18-10-9-17(20(18)22)13-16-7-5-4-6-8-16/h4-8,13-14H,9-12,15H2,1-3H3,(H,23,24)/b17-13+. The summed E-state index contributed by atoms with van der Waals surface area (Å²) >= 11 is 0. The van der Waals surface area contributed by atoms with Crippen molar-refractivity contribution in [1.82, 2.24) is 4.57 Å². The van der Waals surface area contributed by atoms with Crippen LogP contribution in [0.4, 0.5) is 0 Å². The summed E-state index contributed by atoms with van der Waals surface area (Å²) < 4.78 is 7.71. The number of fused-ring (bicyclic) bond motifs is 1. The minimum atomic E-state index is -1.16. The van der Waals surface area contributed by atoms with Gasteiger partial charge in [0.05, 0.1) is 5.69 Å². The van der Waals surface area contributed by atoms with E-state index in [1.807, 2.05) is 28.8 Å². The summed E-state index contributed by atoms with van der Waals surface area (Å²) in [5, 5.41) is 9.60. The van der Waals surface area contributed by atoms with Gasteiger partial charge in [0.25, 0.3) is 0 Å². The first-order chi connectivity index (χ1) is 12.3. The number of carbonyl (C=O) groups is 1. The number of aromatic nitrogens is 1. The normalized spacial score (nSPS) is 15.4. The lowest BCUT2D eigenvalue weighted by Gasteiger charge is -2.17. The molecule has 0 saturated heterocycles. The van der Waals surface area contributed by atoms with Crippen LogP contribution in [-0.2, 0) is 17.9 Å². The number of hydrogen-bond donors (Lipinski definition) is 1. The summed E-state index contributed by atoms with van der Waals surface area (Å²) in [6, 6.07) is 13.1. The molecule has 4 nitrogen and oxygen atoms in total. The molecule has 0 radical (unpaired) electrons. The third-order valence-corrected chi connectivity index (χ3v) is 6.42. The molecule has 0 unspecified atom stereocenters. The van der Waals surface area contributed by atoms with Gasteiger partial charge in [-0.2, -0.15) is 0 Å². The first-order valence-electron chi connectivity index (χ1n) is 9.14. The van der Waals surface area contributed by atoms with Crippen molar-refractivity contribution < 1.29 is 14.6 Å². The Morgan fingerprint density at radius 1 is 1.23 bits per heavy atom. The highest BCUT2D eigenvalue weighted by Crippen LogP contribution is 2.36. The highest BCUT2D eigenvalue weighted by molar-refractivity contribution is 6.76. The Kier molecular flexibility index (Phi) is 5.49. The van der Waals surface area contributed by atoms with Crippen LogP contribution < -0.4 is 0 Å². The molecule has 138 valence electrons. The topological polar surface area (TPSA) is 51.5 Å². The number of carboxylic acids is 1. The SMILES string of the molecule is C[Si](C)(C)CCOCn1c(C(=O)O)cc2c1/C(=C/c1ccccc1)CC2. The molecular weight excluding hydrogens is 342 g/mol. The van der Waals surface area contributed by atoms with E-state index in [2.05, 4.69) is 37.8 Å². The van der Waals surface area contributed by atoms with E-state index in [1.54, 1.807) is 0 Å². The van der Waals surface area contributed by atoms with Crippen LogP contribution in [-0.4, -0.2) is 30.3 Å². The van der Waals surface area contributed by atoms with Gasteiger partial charge in [0.15, 0.2) is 0 Å². The summed E-state index contributed by atoms with van der Waals surface area (Å²) in [7, 11) is -1.16. The number of hydrogen-bond acceptors (Lipinski definition) is 2. The molecule has 5 heteroatoms. The van der Waals surface area contributed by atoms with Crippen LogP contribution >= 0.6 is 0 Å². The molecule has 0 amide bonds. The fourth-order valence-electron chi connectivity index (χ4n) is 3.30. The monoisotopic (exact) mass is 369 g/mol. The summed E-state index contributed by atoms with van der Waals surface area (Å²) in [6.07, 6.45) is 3.99.